The lowest BCUT2D eigenvalue weighted by Crippen LogP contribution is -2.44. The van der Waals surface area contributed by atoms with Crippen LogP contribution in [0, 0.1) is 0 Å². The van der Waals surface area contributed by atoms with Crippen molar-refractivity contribution in [1.29, 1.82) is 0 Å². The number of likely N-dealkylation sites (N-methyl/N-ethyl adjacent to an activating group) is 1. The molecular weight excluding hydrogens is 316 g/mol. The molecule has 0 aliphatic carbocycles. The highest BCUT2D eigenvalue weighted by atomic mass is 16.6. The van der Waals surface area contributed by atoms with E-state index in [0.29, 0.717) is 17.0 Å². The Morgan fingerprint density at radius 3 is 2.88 bits per heavy atom. The first kappa shape index (κ1) is 16.6. The third kappa shape index (κ3) is 2.79. The van der Waals surface area contributed by atoms with Gasteiger partial charge in [0.25, 0.3) is 0 Å². The Bertz CT molecular complexity index is 735. The number of nitrogens with zero attached hydrogens (tertiary/aromatic N) is 4. The van der Waals surface area contributed by atoms with Gasteiger partial charge in [-0.05, 0) is 7.05 Å². The molecular formula is C14H20N6O4. The highest BCUT2D eigenvalue weighted by Crippen LogP contribution is 2.32. The molecule has 4 atom stereocenters. The standard InChI is InChI=1S/C14H20N6O4/c1-7(21)23-4-8-9(15-2)11(22)14(24-8)20-6-19-10-12(16-3)17-5-18-13(10)20/h5-6,8-9,11,14-15,22H,4H2,1-3H3,(H,16,17,18)/t8-,9-,11+,14-/m1/s1. The minimum absolute atomic E-state index is 0.0534. The Kier molecular flexibility index (Phi) is 4.60. The summed E-state index contributed by atoms with van der Waals surface area (Å²) in [6.45, 7) is 1.38. The van der Waals surface area contributed by atoms with Crippen molar-refractivity contribution in [2.75, 3.05) is 26.0 Å². The molecule has 3 rings (SSSR count). The van der Waals surface area contributed by atoms with Crippen molar-refractivity contribution in [2.45, 2.75) is 31.4 Å². The molecule has 10 nitrogen and oxygen atoms in total. The summed E-state index contributed by atoms with van der Waals surface area (Å²) >= 11 is 0. The van der Waals surface area contributed by atoms with Crippen LogP contribution in [-0.2, 0) is 14.3 Å². The summed E-state index contributed by atoms with van der Waals surface area (Å²) in [5, 5.41) is 16.6. The minimum Gasteiger partial charge on any atom is -0.463 e. The number of ether oxygens (including phenoxy) is 2. The zero-order valence-corrected chi connectivity index (χ0v) is 13.6. The quantitative estimate of drug-likeness (QED) is 0.607. The molecule has 1 aliphatic heterocycles. The number of hydrogen-bond acceptors (Lipinski definition) is 9. The fourth-order valence-corrected chi connectivity index (χ4v) is 2.89. The SMILES string of the molecule is CNc1ncnc2c1ncn2[C@@H]1O[C@H](COC(C)=O)[C@@H](NC)[C@@H]1O. The topological polar surface area (TPSA) is 123 Å². The van der Waals surface area contributed by atoms with E-state index in [2.05, 4.69) is 25.6 Å². The van der Waals surface area contributed by atoms with Gasteiger partial charge in [0, 0.05) is 14.0 Å². The van der Waals surface area contributed by atoms with Gasteiger partial charge < -0.3 is 25.2 Å². The normalized spacial score (nSPS) is 26.7. The predicted molar refractivity (Wildman–Crippen MR) is 84.3 cm³/mol. The molecule has 0 amide bonds. The summed E-state index contributed by atoms with van der Waals surface area (Å²) in [6, 6.07) is -0.391. The van der Waals surface area contributed by atoms with E-state index in [-0.39, 0.29) is 6.61 Å². The summed E-state index contributed by atoms with van der Waals surface area (Å²) in [7, 11) is 3.46. The molecule has 130 valence electrons. The Morgan fingerprint density at radius 1 is 1.42 bits per heavy atom. The van der Waals surface area contributed by atoms with E-state index in [1.54, 1.807) is 25.0 Å². The Balaban J connectivity index is 1.90. The average Bonchev–Trinajstić information content (AvgIpc) is 3.13. The van der Waals surface area contributed by atoms with E-state index in [9.17, 15) is 9.90 Å². The van der Waals surface area contributed by atoms with Crippen LogP contribution in [0.15, 0.2) is 12.7 Å². The minimum atomic E-state index is -0.860. The fourth-order valence-electron chi connectivity index (χ4n) is 2.89. The number of nitrogens with one attached hydrogen (secondary N) is 2. The first-order valence-electron chi connectivity index (χ1n) is 7.56. The Morgan fingerprint density at radius 2 is 2.21 bits per heavy atom. The molecule has 1 fully saturated rings. The lowest BCUT2D eigenvalue weighted by Gasteiger charge is -2.19. The number of hydrogen-bond donors (Lipinski definition) is 3. The van der Waals surface area contributed by atoms with Gasteiger partial charge in [-0.1, -0.05) is 0 Å². The lowest BCUT2D eigenvalue weighted by atomic mass is 10.1. The van der Waals surface area contributed by atoms with Crippen LogP contribution in [0.25, 0.3) is 11.2 Å². The molecule has 2 aromatic rings. The Labute approximate surface area is 138 Å². The number of fused-ring (bicyclic) bond motifs is 1. The molecule has 1 aliphatic rings. The molecule has 10 heteroatoms. The highest BCUT2D eigenvalue weighted by Gasteiger charge is 2.45. The van der Waals surface area contributed by atoms with Crippen LogP contribution in [0.3, 0.4) is 0 Å². The molecule has 3 heterocycles. The van der Waals surface area contributed by atoms with Gasteiger partial charge in [0.2, 0.25) is 0 Å². The maximum atomic E-state index is 11.0. The van der Waals surface area contributed by atoms with Gasteiger partial charge in [-0.2, -0.15) is 0 Å². The molecule has 2 aromatic heterocycles. The van der Waals surface area contributed by atoms with Crippen molar-refractivity contribution in [3.63, 3.8) is 0 Å². The third-order valence-corrected chi connectivity index (χ3v) is 4.03. The summed E-state index contributed by atoms with van der Waals surface area (Å²) in [5.74, 6) is 0.193. The van der Waals surface area contributed by atoms with Gasteiger partial charge in [0.1, 0.15) is 30.7 Å². The maximum absolute atomic E-state index is 11.0. The summed E-state index contributed by atoms with van der Waals surface area (Å²) in [6.07, 6.45) is 0.921. The molecule has 3 N–H and O–H groups in total. The molecule has 1 saturated heterocycles. The van der Waals surface area contributed by atoms with Crippen LogP contribution in [-0.4, -0.2) is 69.5 Å². The summed E-state index contributed by atoms with van der Waals surface area (Å²) in [4.78, 5) is 23.7. The number of carbonyl (C=O) groups is 1. The van der Waals surface area contributed by atoms with Crippen LogP contribution in [0.1, 0.15) is 13.2 Å². The maximum Gasteiger partial charge on any atom is 0.302 e. The predicted octanol–water partition coefficient (Wildman–Crippen LogP) is -0.723. The first-order valence-corrected chi connectivity index (χ1v) is 7.56. The van der Waals surface area contributed by atoms with E-state index >= 15 is 0 Å². The lowest BCUT2D eigenvalue weighted by molar-refractivity contribution is -0.146. The highest BCUT2D eigenvalue weighted by molar-refractivity contribution is 5.82. The van der Waals surface area contributed by atoms with Crippen molar-refractivity contribution >= 4 is 23.0 Å². The average molecular weight is 336 g/mol. The van der Waals surface area contributed by atoms with Gasteiger partial charge in [-0.25, -0.2) is 15.0 Å². The molecule has 0 aromatic carbocycles. The molecule has 0 radical (unpaired) electrons. The number of carbonyl (C=O) groups excluding carboxylic acids is 1. The zero-order valence-electron chi connectivity index (χ0n) is 13.6. The largest absolute Gasteiger partial charge is 0.463 e. The van der Waals surface area contributed by atoms with Crippen molar-refractivity contribution in [1.82, 2.24) is 24.8 Å². The number of esters is 1. The van der Waals surface area contributed by atoms with Crippen LogP contribution in [0.4, 0.5) is 5.82 Å². The molecule has 0 spiro atoms. The van der Waals surface area contributed by atoms with Gasteiger partial charge in [-0.3, -0.25) is 9.36 Å². The fraction of sp³-hybridized carbons (Fsp3) is 0.571. The van der Waals surface area contributed by atoms with Crippen molar-refractivity contribution in [2.24, 2.45) is 0 Å². The number of aliphatic hydroxyl groups excluding tert-OH is 1. The van der Waals surface area contributed by atoms with Gasteiger partial charge in [0.15, 0.2) is 17.7 Å². The molecule has 0 unspecified atom stereocenters. The molecule has 24 heavy (non-hydrogen) atoms. The van der Waals surface area contributed by atoms with E-state index in [0.717, 1.165) is 0 Å². The summed E-state index contributed by atoms with van der Waals surface area (Å²) in [5.41, 5.74) is 1.13. The van der Waals surface area contributed by atoms with Crippen LogP contribution < -0.4 is 10.6 Å². The van der Waals surface area contributed by atoms with Crippen molar-refractivity contribution in [3.8, 4) is 0 Å². The van der Waals surface area contributed by atoms with Crippen LogP contribution in [0.5, 0.6) is 0 Å². The first-order chi connectivity index (χ1) is 11.6. The monoisotopic (exact) mass is 336 g/mol. The van der Waals surface area contributed by atoms with E-state index in [1.165, 1.54) is 13.3 Å². The second kappa shape index (κ2) is 6.67. The van der Waals surface area contributed by atoms with Gasteiger partial charge in [0.05, 0.1) is 12.4 Å². The number of aliphatic hydroxyl groups is 1. The number of rotatable bonds is 5. The van der Waals surface area contributed by atoms with Gasteiger partial charge in [-0.15, -0.1) is 0 Å². The third-order valence-electron chi connectivity index (χ3n) is 4.03. The number of aromatic nitrogens is 4. The second-order valence-corrected chi connectivity index (χ2v) is 5.47. The van der Waals surface area contributed by atoms with E-state index in [1.807, 2.05) is 0 Å². The van der Waals surface area contributed by atoms with Crippen LogP contribution >= 0.6 is 0 Å². The van der Waals surface area contributed by atoms with E-state index < -0.39 is 30.4 Å². The van der Waals surface area contributed by atoms with Crippen molar-refractivity contribution in [3.05, 3.63) is 12.7 Å². The smallest absolute Gasteiger partial charge is 0.302 e. The molecule has 0 saturated carbocycles. The second-order valence-electron chi connectivity index (χ2n) is 5.47. The van der Waals surface area contributed by atoms with Gasteiger partial charge >= 0.3 is 5.97 Å². The molecule has 0 bridgehead atoms. The van der Waals surface area contributed by atoms with E-state index in [4.69, 9.17) is 9.47 Å². The van der Waals surface area contributed by atoms with Crippen molar-refractivity contribution < 1.29 is 19.4 Å². The number of imidazole rings is 1. The van der Waals surface area contributed by atoms with Crippen LogP contribution in [0.2, 0.25) is 0 Å². The summed E-state index contributed by atoms with van der Waals surface area (Å²) < 4.78 is 12.6. The Hall–Kier alpha value is -2.30. The zero-order chi connectivity index (χ0) is 17.3. The number of anilines is 1.